The molecule has 0 saturated heterocycles. The topological polar surface area (TPSA) is 130 Å². The molecule has 9 heteroatoms. The van der Waals surface area contributed by atoms with Crippen LogP contribution in [0.3, 0.4) is 0 Å². The highest BCUT2D eigenvalue weighted by Gasteiger charge is 2.13. The molecule has 0 unspecified atom stereocenters. The number of nitrogens with two attached hydrogens (primary N) is 1. The normalized spacial score (nSPS) is 10.7. The van der Waals surface area contributed by atoms with Crippen LogP contribution in [0.25, 0.3) is 22.4 Å². The van der Waals surface area contributed by atoms with Crippen molar-refractivity contribution in [2.45, 2.75) is 6.92 Å². The van der Waals surface area contributed by atoms with Crippen LogP contribution in [0.2, 0.25) is 0 Å². The van der Waals surface area contributed by atoms with Gasteiger partial charge in [-0.15, -0.1) is 0 Å². The largest absolute Gasteiger partial charge is 0.476 e. The van der Waals surface area contributed by atoms with Crippen LogP contribution in [0, 0.1) is 10.1 Å². The van der Waals surface area contributed by atoms with Gasteiger partial charge in [0.25, 0.3) is 5.69 Å². The lowest BCUT2D eigenvalue weighted by Gasteiger charge is -2.07. The molecule has 0 radical (unpaired) electrons. The summed E-state index contributed by atoms with van der Waals surface area (Å²) in [6.45, 7) is 2.22. The van der Waals surface area contributed by atoms with E-state index in [0.717, 1.165) is 0 Å². The fourth-order valence-corrected chi connectivity index (χ4v) is 2.03. The number of fused-ring (bicyclic) bond motifs is 1. The minimum absolute atomic E-state index is 0.00797. The molecule has 23 heavy (non-hydrogen) atoms. The Kier molecular flexibility index (Phi) is 3.67. The predicted molar refractivity (Wildman–Crippen MR) is 82.8 cm³/mol. The van der Waals surface area contributed by atoms with Crippen LogP contribution in [0.5, 0.6) is 5.88 Å². The Bertz CT molecular complexity index is 882. The van der Waals surface area contributed by atoms with Crippen LogP contribution in [0.4, 0.5) is 11.6 Å². The molecule has 2 heterocycles. The van der Waals surface area contributed by atoms with Gasteiger partial charge < -0.3 is 10.5 Å². The fourth-order valence-electron chi connectivity index (χ4n) is 2.03. The van der Waals surface area contributed by atoms with Gasteiger partial charge in [-0.3, -0.25) is 10.1 Å². The summed E-state index contributed by atoms with van der Waals surface area (Å²) < 4.78 is 5.42. The molecule has 0 fully saturated rings. The van der Waals surface area contributed by atoms with E-state index in [2.05, 4.69) is 19.9 Å². The predicted octanol–water partition coefficient (Wildman–Crippen LogP) is 1.98. The SMILES string of the molecule is CCOc1nc(N)nc2ncc(-c3ccc([N+](=O)[O-])cc3)nc12. The van der Waals surface area contributed by atoms with Crippen molar-refractivity contribution in [3.8, 4) is 17.1 Å². The first-order valence-electron chi connectivity index (χ1n) is 6.76. The highest BCUT2D eigenvalue weighted by Crippen LogP contribution is 2.25. The minimum Gasteiger partial charge on any atom is -0.476 e. The van der Waals surface area contributed by atoms with Crippen molar-refractivity contribution in [1.82, 2.24) is 19.9 Å². The van der Waals surface area contributed by atoms with E-state index in [0.29, 0.717) is 29.0 Å². The number of rotatable bonds is 4. The second kappa shape index (κ2) is 5.79. The Hall–Kier alpha value is -3.36. The fraction of sp³-hybridized carbons (Fsp3) is 0.143. The van der Waals surface area contributed by atoms with Gasteiger partial charge in [-0.05, 0) is 19.1 Å². The number of nitro groups is 1. The molecule has 1 aromatic carbocycles. The molecule has 0 aliphatic heterocycles. The van der Waals surface area contributed by atoms with E-state index in [1.165, 1.54) is 18.3 Å². The van der Waals surface area contributed by atoms with Crippen molar-refractivity contribution < 1.29 is 9.66 Å². The summed E-state index contributed by atoms with van der Waals surface area (Å²) in [6, 6.07) is 6.02. The maximum absolute atomic E-state index is 10.7. The first-order valence-corrected chi connectivity index (χ1v) is 6.76. The zero-order valence-electron chi connectivity index (χ0n) is 12.1. The summed E-state index contributed by atoms with van der Waals surface area (Å²) in [5, 5.41) is 10.7. The number of nitrogens with zero attached hydrogens (tertiary/aromatic N) is 5. The molecular weight excluding hydrogens is 300 g/mol. The molecule has 0 aliphatic rings. The van der Waals surface area contributed by atoms with E-state index in [1.807, 2.05) is 6.92 Å². The number of hydrogen-bond donors (Lipinski definition) is 1. The van der Waals surface area contributed by atoms with Gasteiger partial charge in [-0.2, -0.15) is 9.97 Å². The number of non-ortho nitro benzene ring substituents is 1. The molecule has 0 atom stereocenters. The molecule has 0 spiro atoms. The van der Waals surface area contributed by atoms with Crippen molar-refractivity contribution in [3.63, 3.8) is 0 Å². The summed E-state index contributed by atoms with van der Waals surface area (Å²) in [6.07, 6.45) is 1.52. The first kappa shape index (κ1) is 14.6. The second-order valence-electron chi connectivity index (χ2n) is 4.55. The minimum atomic E-state index is -0.459. The number of anilines is 1. The molecule has 0 aliphatic carbocycles. The summed E-state index contributed by atoms with van der Waals surface area (Å²) in [4.78, 5) is 26.9. The van der Waals surface area contributed by atoms with Gasteiger partial charge in [0, 0.05) is 17.7 Å². The van der Waals surface area contributed by atoms with E-state index in [9.17, 15) is 10.1 Å². The standard InChI is InChI=1S/C14H12N6O3/c1-2-23-13-11-12(18-14(15)19-13)16-7-10(17-11)8-3-5-9(6-4-8)20(21)22/h3-7H,2H2,1H3,(H2,15,16,18,19). The van der Waals surface area contributed by atoms with Crippen LogP contribution in [-0.4, -0.2) is 31.5 Å². The first-order chi connectivity index (χ1) is 11.1. The number of nitrogen functional groups attached to an aromatic ring is 1. The highest BCUT2D eigenvalue weighted by atomic mass is 16.6. The lowest BCUT2D eigenvalue weighted by molar-refractivity contribution is -0.384. The van der Waals surface area contributed by atoms with Crippen molar-refractivity contribution >= 4 is 22.8 Å². The second-order valence-corrected chi connectivity index (χ2v) is 4.55. The Morgan fingerprint density at radius 3 is 2.61 bits per heavy atom. The quantitative estimate of drug-likeness (QED) is 0.571. The summed E-state index contributed by atoms with van der Waals surface area (Å²) >= 11 is 0. The van der Waals surface area contributed by atoms with E-state index < -0.39 is 4.92 Å². The lowest BCUT2D eigenvalue weighted by atomic mass is 10.1. The van der Waals surface area contributed by atoms with E-state index in [-0.39, 0.29) is 17.5 Å². The summed E-state index contributed by atoms with van der Waals surface area (Å²) in [7, 11) is 0. The van der Waals surface area contributed by atoms with Gasteiger partial charge in [-0.25, -0.2) is 9.97 Å². The molecule has 0 bridgehead atoms. The zero-order chi connectivity index (χ0) is 16.4. The number of ether oxygens (including phenoxy) is 1. The van der Waals surface area contributed by atoms with Crippen LogP contribution < -0.4 is 10.5 Å². The molecule has 2 N–H and O–H groups in total. The zero-order valence-corrected chi connectivity index (χ0v) is 12.1. The number of benzene rings is 1. The van der Waals surface area contributed by atoms with E-state index >= 15 is 0 Å². The Balaban J connectivity index is 2.10. The Morgan fingerprint density at radius 2 is 1.96 bits per heavy atom. The third-order valence-corrected chi connectivity index (χ3v) is 3.05. The van der Waals surface area contributed by atoms with Gasteiger partial charge in [0.1, 0.15) is 0 Å². The van der Waals surface area contributed by atoms with E-state index in [4.69, 9.17) is 10.5 Å². The molecular formula is C14H12N6O3. The number of nitro benzene ring substituents is 1. The average Bonchev–Trinajstić information content (AvgIpc) is 2.55. The molecule has 2 aromatic heterocycles. The average molecular weight is 312 g/mol. The molecule has 0 saturated carbocycles. The van der Waals surface area contributed by atoms with E-state index in [1.54, 1.807) is 12.1 Å². The summed E-state index contributed by atoms with van der Waals surface area (Å²) in [5.41, 5.74) is 7.55. The van der Waals surface area contributed by atoms with Crippen molar-refractivity contribution in [3.05, 3.63) is 40.6 Å². The maximum atomic E-state index is 10.7. The van der Waals surface area contributed by atoms with Gasteiger partial charge in [-0.1, -0.05) is 0 Å². The third kappa shape index (κ3) is 2.84. The smallest absolute Gasteiger partial charge is 0.269 e. The number of hydrogen-bond acceptors (Lipinski definition) is 8. The maximum Gasteiger partial charge on any atom is 0.269 e. The molecule has 3 aromatic rings. The van der Waals surface area contributed by atoms with Crippen LogP contribution >= 0.6 is 0 Å². The Labute approximate surface area is 130 Å². The van der Waals surface area contributed by atoms with Gasteiger partial charge in [0.2, 0.25) is 11.8 Å². The van der Waals surface area contributed by atoms with Gasteiger partial charge >= 0.3 is 0 Å². The van der Waals surface area contributed by atoms with Crippen LogP contribution in [0.15, 0.2) is 30.5 Å². The van der Waals surface area contributed by atoms with Gasteiger partial charge in [0.15, 0.2) is 11.2 Å². The lowest BCUT2D eigenvalue weighted by Crippen LogP contribution is -2.04. The van der Waals surface area contributed by atoms with Gasteiger partial charge in [0.05, 0.1) is 23.4 Å². The monoisotopic (exact) mass is 312 g/mol. The number of aromatic nitrogens is 4. The molecule has 3 rings (SSSR count). The molecule has 116 valence electrons. The molecule has 0 amide bonds. The van der Waals surface area contributed by atoms with Crippen molar-refractivity contribution in [2.75, 3.05) is 12.3 Å². The third-order valence-electron chi connectivity index (χ3n) is 3.05. The van der Waals surface area contributed by atoms with Crippen molar-refractivity contribution in [2.24, 2.45) is 0 Å². The highest BCUT2D eigenvalue weighted by molar-refractivity contribution is 5.79. The van der Waals surface area contributed by atoms with Crippen LogP contribution in [-0.2, 0) is 0 Å². The van der Waals surface area contributed by atoms with Crippen LogP contribution in [0.1, 0.15) is 6.92 Å². The Morgan fingerprint density at radius 1 is 1.22 bits per heavy atom. The molecule has 9 nitrogen and oxygen atoms in total. The van der Waals surface area contributed by atoms with Crippen molar-refractivity contribution in [1.29, 1.82) is 0 Å². The summed E-state index contributed by atoms with van der Waals surface area (Å²) in [5.74, 6) is 0.310.